The van der Waals surface area contributed by atoms with Gasteiger partial charge in [-0.1, -0.05) is 24.6 Å². The zero-order valence-corrected chi connectivity index (χ0v) is 27.8. The third-order valence-electron chi connectivity index (χ3n) is 6.62. The normalized spacial score (nSPS) is 13.9. The Morgan fingerprint density at radius 3 is 2.42 bits per heavy atom. The highest BCUT2D eigenvalue weighted by atomic mass is 127. The minimum absolute atomic E-state index is 0.207. The fourth-order valence-corrected chi connectivity index (χ4v) is 5.32. The van der Waals surface area contributed by atoms with Crippen molar-refractivity contribution in [3.05, 3.63) is 74.4 Å². The molecule has 4 rings (SSSR count). The van der Waals surface area contributed by atoms with Crippen molar-refractivity contribution in [1.82, 2.24) is 5.32 Å². The Bertz CT molecular complexity index is 1670. The van der Waals surface area contributed by atoms with E-state index in [0.717, 1.165) is 22.4 Å². The number of ether oxygens (including phenoxy) is 4. The van der Waals surface area contributed by atoms with Crippen molar-refractivity contribution < 1.29 is 38.1 Å². The highest BCUT2D eigenvalue weighted by Gasteiger charge is 2.37. The second-order valence-electron chi connectivity index (χ2n) is 10.1. The van der Waals surface area contributed by atoms with Gasteiger partial charge in [-0.25, -0.2) is 9.69 Å². The number of carbonyl (C=O) groups excluding carboxylic acids is 4. The van der Waals surface area contributed by atoms with Crippen molar-refractivity contribution in [2.75, 3.05) is 37.1 Å². The van der Waals surface area contributed by atoms with E-state index in [1.165, 1.54) is 19.3 Å². The van der Waals surface area contributed by atoms with Crippen LogP contribution in [-0.4, -0.2) is 50.7 Å². The van der Waals surface area contributed by atoms with Crippen LogP contribution in [0, 0.1) is 17.4 Å². The Labute approximate surface area is 275 Å². The summed E-state index contributed by atoms with van der Waals surface area (Å²) in [5.41, 5.74) is 3.09. The van der Waals surface area contributed by atoms with E-state index in [1.54, 1.807) is 24.3 Å². The maximum absolute atomic E-state index is 13.6. The van der Waals surface area contributed by atoms with Crippen LogP contribution in [0.3, 0.4) is 0 Å². The SMILES string of the molecule is CCCOc1ccc(N2C(=O)NC(=O)/C(=C\c3cc(I)c(OCC(=O)Nc4ccc(C)cc4C)c(OC)c3)C2=O)cc1OCC. The summed E-state index contributed by atoms with van der Waals surface area (Å²) in [4.78, 5) is 52.7. The average molecular weight is 728 g/mol. The van der Waals surface area contributed by atoms with Crippen LogP contribution < -0.4 is 34.5 Å². The summed E-state index contributed by atoms with van der Waals surface area (Å²) in [5, 5.41) is 5.07. The van der Waals surface area contributed by atoms with Crippen molar-refractivity contribution in [3.8, 4) is 23.0 Å². The molecule has 2 N–H and O–H groups in total. The Balaban J connectivity index is 1.57. The molecule has 0 bridgehead atoms. The molecule has 0 saturated carbocycles. The molecular weight excluding hydrogens is 693 g/mol. The first-order valence-corrected chi connectivity index (χ1v) is 15.3. The van der Waals surface area contributed by atoms with Crippen LogP contribution in [0.4, 0.5) is 16.2 Å². The third-order valence-corrected chi connectivity index (χ3v) is 7.42. The molecule has 1 heterocycles. The Kier molecular flexibility index (Phi) is 11.0. The molecule has 12 heteroatoms. The van der Waals surface area contributed by atoms with E-state index >= 15 is 0 Å². The molecule has 3 aromatic rings. The fraction of sp³-hybridized carbons (Fsp3) is 0.273. The molecule has 0 aromatic heterocycles. The van der Waals surface area contributed by atoms with Crippen molar-refractivity contribution in [3.63, 3.8) is 0 Å². The number of nitrogens with zero attached hydrogens (tertiary/aromatic N) is 1. The smallest absolute Gasteiger partial charge is 0.335 e. The lowest BCUT2D eigenvalue weighted by atomic mass is 10.1. The summed E-state index contributed by atoms with van der Waals surface area (Å²) < 4.78 is 23.3. The number of amides is 5. The van der Waals surface area contributed by atoms with Crippen LogP contribution in [0.1, 0.15) is 37.0 Å². The molecule has 45 heavy (non-hydrogen) atoms. The molecule has 5 amide bonds. The number of rotatable bonds is 12. The molecule has 0 unspecified atom stereocenters. The fourth-order valence-electron chi connectivity index (χ4n) is 4.54. The van der Waals surface area contributed by atoms with Crippen molar-refractivity contribution in [2.24, 2.45) is 0 Å². The molecule has 0 atom stereocenters. The van der Waals surface area contributed by atoms with Crippen LogP contribution in [0.2, 0.25) is 0 Å². The van der Waals surface area contributed by atoms with Crippen LogP contribution in [-0.2, 0) is 14.4 Å². The Morgan fingerprint density at radius 2 is 1.73 bits per heavy atom. The molecule has 11 nitrogen and oxygen atoms in total. The maximum atomic E-state index is 13.6. The molecule has 0 radical (unpaired) electrons. The zero-order valence-electron chi connectivity index (χ0n) is 25.6. The molecule has 1 aliphatic heterocycles. The second-order valence-corrected chi connectivity index (χ2v) is 11.2. The summed E-state index contributed by atoms with van der Waals surface area (Å²) in [6.07, 6.45) is 2.15. The van der Waals surface area contributed by atoms with Gasteiger partial charge in [0.25, 0.3) is 17.7 Å². The van der Waals surface area contributed by atoms with Gasteiger partial charge in [0, 0.05) is 11.8 Å². The number of anilines is 2. The van der Waals surface area contributed by atoms with Gasteiger partial charge in [-0.05, 0) is 97.3 Å². The number of aryl methyl sites for hydroxylation is 2. The average Bonchev–Trinajstić information content (AvgIpc) is 2.99. The van der Waals surface area contributed by atoms with Crippen molar-refractivity contribution >= 4 is 63.8 Å². The van der Waals surface area contributed by atoms with Gasteiger partial charge < -0.3 is 24.3 Å². The number of carbonyl (C=O) groups is 4. The predicted molar refractivity (Wildman–Crippen MR) is 178 cm³/mol. The number of nitrogens with one attached hydrogen (secondary N) is 2. The number of halogens is 1. The first kappa shape index (κ1) is 33.3. The number of urea groups is 1. The van der Waals surface area contributed by atoms with Gasteiger partial charge in [-0.15, -0.1) is 0 Å². The molecule has 0 spiro atoms. The van der Waals surface area contributed by atoms with Gasteiger partial charge in [0.05, 0.1) is 29.6 Å². The summed E-state index contributed by atoms with van der Waals surface area (Å²) in [6, 6.07) is 12.8. The first-order chi connectivity index (χ1) is 21.6. The van der Waals surface area contributed by atoms with Gasteiger partial charge >= 0.3 is 6.03 Å². The molecule has 236 valence electrons. The Hall–Kier alpha value is -4.59. The maximum Gasteiger partial charge on any atom is 0.335 e. The van der Waals surface area contributed by atoms with E-state index in [2.05, 4.69) is 10.6 Å². The molecule has 1 fully saturated rings. The van der Waals surface area contributed by atoms with Crippen LogP contribution >= 0.6 is 22.6 Å². The summed E-state index contributed by atoms with van der Waals surface area (Å²) in [7, 11) is 1.44. The Morgan fingerprint density at radius 1 is 0.956 bits per heavy atom. The second kappa shape index (κ2) is 14.9. The molecule has 0 aliphatic carbocycles. The van der Waals surface area contributed by atoms with Gasteiger partial charge in [0.2, 0.25) is 0 Å². The molecule has 3 aromatic carbocycles. The number of imide groups is 2. The minimum Gasteiger partial charge on any atom is -0.493 e. The van der Waals surface area contributed by atoms with Crippen LogP contribution in [0.15, 0.2) is 54.1 Å². The van der Waals surface area contributed by atoms with E-state index in [9.17, 15) is 19.2 Å². The van der Waals surface area contributed by atoms with E-state index in [4.69, 9.17) is 18.9 Å². The monoisotopic (exact) mass is 727 g/mol. The van der Waals surface area contributed by atoms with Gasteiger partial charge in [0.1, 0.15) is 5.57 Å². The van der Waals surface area contributed by atoms with Crippen LogP contribution in [0.5, 0.6) is 23.0 Å². The molecule has 1 saturated heterocycles. The van der Waals surface area contributed by atoms with Gasteiger partial charge in [-0.2, -0.15) is 0 Å². The molecular formula is C33H34IN3O8. The van der Waals surface area contributed by atoms with E-state index in [0.29, 0.717) is 45.3 Å². The zero-order chi connectivity index (χ0) is 32.7. The van der Waals surface area contributed by atoms with Crippen molar-refractivity contribution in [2.45, 2.75) is 34.1 Å². The lowest BCUT2D eigenvalue weighted by Crippen LogP contribution is -2.54. The highest BCUT2D eigenvalue weighted by Crippen LogP contribution is 2.36. The van der Waals surface area contributed by atoms with Gasteiger partial charge in [0.15, 0.2) is 29.6 Å². The van der Waals surface area contributed by atoms with E-state index in [-0.39, 0.29) is 29.5 Å². The first-order valence-electron chi connectivity index (χ1n) is 14.2. The standard InChI is InChI=1S/C33H34IN3O8/c1-6-12-44-26-11-9-22(17-27(26)43-7-2)37-32(40)23(31(39)36-33(37)41)14-21-15-24(34)30(28(16-21)42-5)45-18-29(38)35-25-10-8-19(3)13-20(25)4/h8-11,13-17H,6-7,12,18H2,1-5H3,(H,35,38)(H,36,39,41)/b23-14+. The van der Waals surface area contributed by atoms with Gasteiger partial charge in [-0.3, -0.25) is 19.7 Å². The largest absolute Gasteiger partial charge is 0.493 e. The number of hydrogen-bond acceptors (Lipinski definition) is 8. The van der Waals surface area contributed by atoms with Crippen LogP contribution in [0.25, 0.3) is 6.08 Å². The number of barbiturate groups is 1. The number of methoxy groups -OCH3 is 1. The molecule has 1 aliphatic rings. The minimum atomic E-state index is -0.887. The lowest BCUT2D eigenvalue weighted by Gasteiger charge is -2.27. The predicted octanol–water partition coefficient (Wildman–Crippen LogP) is 5.79. The van der Waals surface area contributed by atoms with E-state index < -0.39 is 17.8 Å². The topological polar surface area (TPSA) is 132 Å². The number of hydrogen-bond donors (Lipinski definition) is 2. The van der Waals surface area contributed by atoms with Crippen molar-refractivity contribution in [1.29, 1.82) is 0 Å². The quantitative estimate of drug-likeness (QED) is 0.136. The summed E-state index contributed by atoms with van der Waals surface area (Å²) in [6.45, 7) is 8.20. The van der Waals surface area contributed by atoms with E-state index in [1.807, 2.05) is 68.5 Å². The number of benzene rings is 3. The summed E-state index contributed by atoms with van der Waals surface area (Å²) >= 11 is 2.02. The summed E-state index contributed by atoms with van der Waals surface area (Å²) in [5.74, 6) is -0.556. The lowest BCUT2D eigenvalue weighted by molar-refractivity contribution is -0.122. The highest BCUT2D eigenvalue weighted by molar-refractivity contribution is 14.1. The third kappa shape index (κ3) is 7.93.